The number of anilines is 1. The number of benzene rings is 1. The van der Waals surface area contributed by atoms with Crippen molar-refractivity contribution >= 4 is 23.0 Å². The molecule has 0 aliphatic heterocycles. The fourth-order valence-electron chi connectivity index (χ4n) is 2.80. The molecular weight excluding hydrogens is 303 g/mol. The Kier molecular flexibility index (Phi) is 4.62. The quantitative estimate of drug-likeness (QED) is 0.663. The molecule has 114 valence electrons. The first kappa shape index (κ1) is 15.9. The minimum absolute atomic E-state index is 0.156. The molecule has 1 aromatic rings. The Balaban J connectivity index is 2.41. The first-order valence-electron chi connectivity index (χ1n) is 6.83. The van der Waals surface area contributed by atoms with Crippen LogP contribution < -0.4 is 4.90 Å². The average molecular weight is 319 g/mol. The average Bonchev–Trinajstić information content (AvgIpc) is 2.45. The molecule has 1 saturated carbocycles. The van der Waals surface area contributed by atoms with Crippen LogP contribution in [0.25, 0.3) is 4.98 Å². The second-order valence-electron chi connectivity index (χ2n) is 5.32. The van der Waals surface area contributed by atoms with E-state index in [2.05, 4.69) is 4.98 Å². The molecule has 1 fully saturated rings. The lowest BCUT2D eigenvalue weighted by Crippen LogP contribution is -2.33. The van der Waals surface area contributed by atoms with Crippen LogP contribution in [0.15, 0.2) is 12.1 Å². The van der Waals surface area contributed by atoms with E-state index in [4.69, 9.17) is 17.0 Å². The Morgan fingerprint density at radius 2 is 1.86 bits per heavy atom. The molecule has 0 atom stereocenters. The fourth-order valence-corrected chi connectivity index (χ4v) is 3.09. The van der Waals surface area contributed by atoms with E-state index >= 15 is 0 Å². The second-order valence-corrected chi connectivity index (χ2v) is 5.73. The monoisotopic (exact) mass is 318 g/mol. The Hall–Kier alpha value is -1.48. The molecule has 0 heterocycles. The van der Waals surface area contributed by atoms with Crippen LogP contribution in [0.5, 0.6) is 0 Å². The van der Waals surface area contributed by atoms with Crippen molar-refractivity contribution in [2.75, 3.05) is 11.9 Å². The molecule has 3 nitrogen and oxygen atoms in total. The summed E-state index contributed by atoms with van der Waals surface area (Å²) >= 11 is 6.06. The van der Waals surface area contributed by atoms with Gasteiger partial charge >= 0.3 is 11.9 Å². The maximum Gasteiger partial charge on any atom is 0.424 e. The number of halogens is 4. The van der Waals surface area contributed by atoms with Gasteiger partial charge in [-0.15, -0.1) is 0 Å². The van der Waals surface area contributed by atoms with Crippen molar-refractivity contribution in [1.29, 1.82) is 5.39 Å². The molecule has 1 aromatic carbocycles. The summed E-state index contributed by atoms with van der Waals surface area (Å²) in [5.41, 5.74) is -1.22. The number of hydrogen-bond donors (Lipinski definition) is 0. The van der Waals surface area contributed by atoms with Gasteiger partial charge in [0.25, 0.3) is 0 Å². The molecule has 21 heavy (non-hydrogen) atoms. The third-order valence-corrected chi connectivity index (χ3v) is 4.28. The zero-order valence-electron chi connectivity index (χ0n) is 11.6. The van der Waals surface area contributed by atoms with Gasteiger partial charge in [-0.25, -0.2) is 0 Å². The van der Waals surface area contributed by atoms with Crippen molar-refractivity contribution in [3.8, 4) is 0 Å². The predicted octanol–water partition coefficient (Wildman–Crippen LogP) is 5.61. The molecular formula is C14H16ClF3N3+. The number of hydrogen-bond acceptors (Lipinski definition) is 2. The molecule has 7 heteroatoms. The van der Waals surface area contributed by atoms with Gasteiger partial charge in [-0.3, -0.25) is 0 Å². The van der Waals surface area contributed by atoms with E-state index < -0.39 is 17.4 Å². The minimum Gasteiger partial charge on any atom is -0.370 e. The summed E-state index contributed by atoms with van der Waals surface area (Å²) in [4.78, 5) is 4.49. The Morgan fingerprint density at radius 3 is 2.38 bits per heavy atom. The third kappa shape index (κ3) is 3.41. The van der Waals surface area contributed by atoms with Gasteiger partial charge < -0.3 is 4.90 Å². The van der Waals surface area contributed by atoms with Gasteiger partial charge in [0.05, 0.1) is 16.8 Å². The summed E-state index contributed by atoms with van der Waals surface area (Å²) in [5.74, 6) is 0. The number of nitrogens with zero attached hydrogens (tertiary/aromatic N) is 3. The number of diazo groups is 1. The highest BCUT2D eigenvalue weighted by Gasteiger charge is 2.40. The van der Waals surface area contributed by atoms with Crippen molar-refractivity contribution in [2.24, 2.45) is 0 Å². The van der Waals surface area contributed by atoms with Crippen LogP contribution in [0.1, 0.15) is 37.7 Å². The second kappa shape index (κ2) is 6.10. The van der Waals surface area contributed by atoms with Crippen LogP contribution in [0, 0.1) is 5.39 Å². The summed E-state index contributed by atoms with van der Waals surface area (Å²) < 4.78 is 39.1. The zero-order valence-corrected chi connectivity index (χ0v) is 12.4. The normalized spacial score (nSPS) is 16.6. The lowest BCUT2D eigenvalue weighted by molar-refractivity contribution is -0.136. The zero-order chi connectivity index (χ0) is 15.6. The van der Waals surface area contributed by atoms with Gasteiger partial charge in [0.1, 0.15) is 0 Å². The molecule has 0 unspecified atom stereocenters. The molecule has 0 aromatic heterocycles. The molecule has 0 N–H and O–H groups in total. The standard InChI is InChI=1S/C14H16ClF3N3/c1-21(9-5-3-2-4-6-9)13-7-10(14(16,17)18)12(20-19)8-11(13)15/h7-9H,2-6H2,1H3/q+1. The van der Waals surface area contributed by atoms with E-state index in [1.165, 1.54) is 0 Å². The van der Waals surface area contributed by atoms with Crippen molar-refractivity contribution in [3.63, 3.8) is 0 Å². The van der Waals surface area contributed by atoms with Gasteiger partial charge in [-0.2, -0.15) is 13.2 Å². The maximum atomic E-state index is 13.0. The van der Waals surface area contributed by atoms with Gasteiger partial charge in [-0.05, 0) is 18.9 Å². The Labute approximate surface area is 126 Å². The van der Waals surface area contributed by atoms with Gasteiger partial charge in [0, 0.05) is 13.1 Å². The van der Waals surface area contributed by atoms with Crippen LogP contribution in [0.4, 0.5) is 24.5 Å². The smallest absolute Gasteiger partial charge is 0.370 e. The highest BCUT2D eigenvalue weighted by molar-refractivity contribution is 6.33. The molecule has 1 aliphatic carbocycles. The topological polar surface area (TPSA) is 31.4 Å². The molecule has 0 amide bonds. The van der Waals surface area contributed by atoms with Crippen LogP contribution in [0.2, 0.25) is 5.02 Å². The predicted molar refractivity (Wildman–Crippen MR) is 76.5 cm³/mol. The minimum atomic E-state index is -4.59. The molecule has 2 rings (SSSR count). The highest BCUT2D eigenvalue weighted by atomic mass is 35.5. The SMILES string of the molecule is CN(c1cc(C(F)(F)F)c([N+]#N)cc1Cl)C1CCCCC1. The van der Waals surface area contributed by atoms with E-state index in [9.17, 15) is 13.2 Å². The fraction of sp³-hybridized carbons (Fsp3) is 0.571. The van der Waals surface area contributed by atoms with E-state index in [0.29, 0.717) is 5.69 Å². The number of rotatable bonds is 2. The third-order valence-electron chi connectivity index (χ3n) is 3.98. The number of alkyl halides is 3. The lowest BCUT2D eigenvalue weighted by atomic mass is 9.94. The summed E-state index contributed by atoms with van der Waals surface area (Å²) in [7, 11) is 1.76. The van der Waals surface area contributed by atoms with E-state index in [0.717, 1.165) is 44.2 Å². The first-order valence-corrected chi connectivity index (χ1v) is 7.21. The molecule has 0 radical (unpaired) electrons. The van der Waals surface area contributed by atoms with Crippen LogP contribution >= 0.6 is 11.6 Å². The Bertz CT molecular complexity index is 560. The molecule has 0 spiro atoms. The van der Waals surface area contributed by atoms with Gasteiger partial charge in [-0.1, -0.05) is 30.9 Å². The van der Waals surface area contributed by atoms with Crippen LogP contribution in [-0.2, 0) is 6.18 Å². The molecule has 1 aliphatic rings. The van der Waals surface area contributed by atoms with Crippen LogP contribution in [-0.4, -0.2) is 13.1 Å². The maximum absolute atomic E-state index is 13.0. The highest BCUT2D eigenvalue weighted by Crippen LogP contribution is 2.42. The van der Waals surface area contributed by atoms with Crippen molar-refractivity contribution in [2.45, 2.75) is 44.3 Å². The summed E-state index contributed by atoms with van der Waals surface area (Å²) in [5, 5.41) is 8.89. The van der Waals surface area contributed by atoms with Gasteiger partial charge in [0.15, 0.2) is 10.5 Å². The van der Waals surface area contributed by atoms with Crippen molar-refractivity contribution < 1.29 is 13.2 Å². The van der Waals surface area contributed by atoms with Gasteiger partial charge in [0.2, 0.25) is 5.39 Å². The van der Waals surface area contributed by atoms with E-state index in [1.807, 2.05) is 0 Å². The van der Waals surface area contributed by atoms with E-state index in [-0.39, 0.29) is 11.1 Å². The van der Waals surface area contributed by atoms with Crippen LogP contribution in [0.3, 0.4) is 0 Å². The van der Waals surface area contributed by atoms with Crippen molar-refractivity contribution in [1.82, 2.24) is 0 Å². The Morgan fingerprint density at radius 1 is 1.24 bits per heavy atom. The largest absolute Gasteiger partial charge is 0.424 e. The molecule has 0 bridgehead atoms. The lowest BCUT2D eigenvalue weighted by Gasteiger charge is -2.33. The van der Waals surface area contributed by atoms with E-state index in [1.54, 1.807) is 11.9 Å². The molecule has 0 saturated heterocycles. The summed E-state index contributed by atoms with van der Waals surface area (Å²) in [6.45, 7) is 0. The van der Waals surface area contributed by atoms with Crippen molar-refractivity contribution in [3.05, 3.63) is 27.7 Å². The summed E-state index contributed by atoms with van der Waals surface area (Å²) in [6, 6.07) is 2.21. The first-order chi connectivity index (χ1) is 9.84. The summed E-state index contributed by atoms with van der Waals surface area (Å²) in [6.07, 6.45) is 0.606.